The molecule has 3 rings (SSSR count). The summed E-state index contributed by atoms with van der Waals surface area (Å²) in [6, 6.07) is 7.41. The molecule has 1 saturated carbocycles. The third-order valence-electron chi connectivity index (χ3n) is 4.64. The molecule has 1 aliphatic carbocycles. The highest BCUT2D eigenvalue weighted by molar-refractivity contribution is 5.74. The average molecular weight is 324 g/mol. The Balaban J connectivity index is 1.47. The van der Waals surface area contributed by atoms with Crippen molar-refractivity contribution in [2.45, 2.75) is 50.0 Å². The van der Waals surface area contributed by atoms with Crippen LogP contribution in [0.1, 0.15) is 43.6 Å². The topological polar surface area (TPSA) is 50.4 Å². The first-order chi connectivity index (χ1) is 11.0. The second-order valence-electron chi connectivity index (χ2n) is 6.36. The van der Waals surface area contributed by atoms with Crippen molar-refractivity contribution in [3.05, 3.63) is 29.8 Å². The standard InChI is InChI=1S/C17H22F2N2O2/c18-17(19)8-5-13(6-9-17)21-16(22)20-11-12-7-10-23-15-4-2-1-3-14(12)15/h1-4,12-13H,5-11H2,(H2,20,21,22). The van der Waals surface area contributed by atoms with Gasteiger partial charge in [-0.25, -0.2) is 13.6 Å². The number of amides is 2. The summed E-state index contributed by atoms with van der Waals surface area (Å²) in [7, 11) is 0. The number of hydrogen-bond acceptors (Lipinski definition) is 2. The van der Waals surface area contributed by atoms with Gasteiger partial charge >= 0.3 is 6.03 Å². The lowest BCUT2D eigenvalue weighted by atomic mass is 9.92. The van der Waals surface area contributed by atoms with Gasteiger partial charge in [0.1, 0.15) is 5.75 Å². The Hall–Kier alpha value is -1.85. The van der Waals surface area contributed by atoms with Crippen LogP contribution >= 0.6 is 0 Å². The summed E-state index contributed by atoms with van der Waals surface area (Å²) in [5.74, 6) is -1.47. The maximum Gasteiger partial charge on any atom is 0.315 e. The van der Waals surface area contributed by atoms with E-state index in [1.165, 1.54) is 0 Å². The molecule has 1 aliphatic heterocycles. The summed E-state index contributed by atoms with van der Waals surface area (Å²) >= 11 is 0. The summed E-state index contributed by atoms with van der Waals surface area (Å²) in [5.41, 5.74) is 1.11. The first-order valence-electron chi connectivity index (χ1n) is 8.17. The van der Waals surface area contributed by atoms with Crippen LogP contribution in [0, 0.1) is 0 Å². The van der Waals surface area contributed by atoms with Crippen LogP contribution in [-0.4, -0.2) is 31.1 Å². The van der Waals surface area contributed by atoms with Gasteiger partial charge in [-0.3, -0.25) is 0 Å². The third kappa shape index (κ3) is 4.12. The molecular weight excluding hydrogens is 302 g/mol. The molecule has 1 fully saturated rings. The molecule has 1 aromatic carbocycles. The monoisotopic (exact) mass is 324 g/mol. The third-order valence-corrected chi connectivity index (χ3v) is 4.64. The number of fused-ring (bicyclic) bond motifs is 1. The minimum absolute atomic E-state index is 0.148. The highest BCUT2D eigenvalue weighted by Gasteiger charge is 2.35. The van der Waals surface area contributed by atoms with Crippen molar-refractivity contribution in [1.82, 2.24) is 10.6 Å². The molecule has 0 spiro atoms. The fraction of sp³-hybridized carbons (Fsp3) is 0.588. The van der Waals surface area contributed by atoms with Crippen molar-refractivity contribution in [3.63, 3.8) is 0 Å². The lowest BCUT2D eigenvalue weighted by Crippen LogP contribution is -2.46. The first-order valence-corrected chi connectivity index (χ1v) is 8.17. The minimum Gasteiger partial charge on any atom is -0.493 e. The fourth-order valence-corrected chi connectivity index (χ4v) is 3.26. The molecule has 1 atom stereocenters. The molecule has 6 heteroatoms. The van der Waals surface area contributed by atoms with Gasteiger partial charge in [0.25, 0.3) is 0 Å². The van der Waals surface area contributed by atoms with Crippen molar-refractivity contribution in [1.29, 1.82) is 0 Å². The summed E-state index contributed by atoms with van der Waals surface area (Å²) in [5, 5.41) is 5.67. The Morgan fingerprint density at radius 3 is 2.74 bits per heavy atom. The predicted molar refractivity (Wildman–Crippen MR) is 83.0 cm³/mol. The number of nitrogens with one attached hydrogen (secondary N) is 2. The molecule has 0 saturated heterocycles. The molecule has 23 heavy (non-hydrogen) atoms. The Labute approximate surface area is 134 Å². The summed E-state index contributed by atoms with van der Waals surface area (Å²) in [6.07, 6.45) is 1.23. The van der Waals surface area contributed by atoms with E-state index in [-0.39, 0.29) is 30.8 Å². The zero-order valence-corrected chi connectivity index (χ0v) is 13.0. The summed E-state index contributed by atoms with van der Waals surface area (Å²) in [4.78, 5) is 12.0. The number of ether oxygens (including phenoxy) is 1. The second-order valence-corrected chi connectivity index (χ2v) is 6.36. The van der Waals surface area contributed by atoms with Crippen LogP contribution in [0.5, 0.6) is 5.75 Å². The number of rotatable bonds is 3. The van der Waals surface area contributed by atoms with Gasteiger partial charge in [0.15, 0.2) is 0 Å². The smallest absolute Gasteiger partial charge is 0.315 e. The zero-order valence-electron chi connectivity index (χ0n) is 13.0. The number of carbonyl (C=O) groups excluding carboxylic acids is 1. The molecule has 1 unspecified atom stereocenters. The zero-order chi connectivity index (χ0) is 16.3. The van der Waals surface area contributed by atoms with E-state index in [1.54, 1.807) is 0 Å². The number of benzene rings is 1. The minimum atomic E-state index is -2.57. The Bertz CT molecular complexity index is 555. The van der Waals surface area contributed by atoms with Crippen LogP contribution in [0.2, 0.25) is 0 Å². The van der Waals surface area contributed by atoms with Crippen LogP contribution in [0.3, 0.4) is 0 Å². The van der Waals surface area contributed by atoms with Gasteiger partial charge in [0.05, 0.1) is 6.61 Å². The number of alkyl halides is 2. The molecular formula is C17H22F2N2O2. The number of halogens is 2. The van der Waals surface area contributed by atoms with Gasteiger partial charge in [-0.1, -0.05) is 18.2 Å². The van der Waals surface area contributed by atoms with Crippen LogP contribution in [0.15, 0.2) is 24.3 Å². The van der Waals surface area contributed by atoms with Crippen LogP contribution in [0.25, 0.3) is 0 Å². The van der Waals surface area contributed by atoms with Gasteiger partial charge in [-0.2, -0.15) is 0 Å². The van der Waals surface area contributed by atoms with Gasteiger partial charge in [0.2, 0.25) is 5.92 Å². The largest absolute Gasteiger partial charge is 0.493 e. The van der Waals surface area contributed by atoms with Crippen LogP contribution in [-0.2, 0) is 0 Å². The van der Waals surface area contributed by atoms with Crippen LogP contribution < -0.4 is 15.4 Å². The van der Waals surface area contributed by atoms with E-state index < -0.39 is 5.92 Å². The molecule has 1 aromatic rings. The molecule has 0 radical (unpaired) electrons. The van der Waals surface area contributed by atoms with Crippen molar-refractivity contribution < 1.29 is 18.3 Å². The summed E-state index contributed by atoms with van der Waals surface area (Å²) < 4.78 is 31.8. The molecule has 2 amide bonds. The van der Waals surface area contributed by atoms with Crippen molar-refractivity contribution in [3.8, 4) is 5.75 Å². The Kier molecular flexibility index (Phi) is 4.68. The van der Waals surface area contributed by atoms with E-state index in [0.717, 1.165) is 17.7 Å². The number of urea groups is 1. The van der Waals surface area contributed by atoms with Gasteiger partial charge in [0, 0.05) is 31.3 Å². The highest BCUT2D eigenvalue weighted by Crippen LogP contribution is 2.34. The molecule has 0 aromatic heterocycles. The molecule has 2 N–H and O–H groups in total. The van der Waals surface area contributed by atoms with E-state index in [2.05, 4.69) is 10.6 Å². The Morgan fingerprint density at radius 2 is 1.96 bits per heavy atom. The van der Waals surface area contributed by atoms with E-state index >= 15 is 0 Å². The Morgan fingerprint density at radius 1 is 1.22 bits per heavy atom. The number of hydrogen-bond donors (Lipinski definition) is 2. The fourth-order valence-electron chi connectivity index (χ4n) is 3.26. The van der Waals surface area contributed by atoms with Gasteiger partial charge < -0.3 is 15.4 Å². The first kappa shape index (κ1) is 16.0. The quantitative estimate of drug-likeness (QED) is 0.895. The summed E-state index contributed by atoms with van der Waals surface area (Å²) in [6.45, 7) is 1.16. The highest BCUT2D eigenvalue weighted by atomic mass is 19.3. The van der Waals surface area contributed by atoms with E-state index in [1.807, 2.05) is 24.3 Å². The molecule has 126 valence electrons. The lowest BCUT2D eigenvalue weighted by molar-refractivity contribution is -0.0395. The van der Waals surface area contributed by atoms with Crippen molar-refractivity contribution >= 4 is 6.03 Å². The van der Waals surface area contributed by atoms with E-state index in [9.17, 15) is 13.6 Å². The molecule has 2 aliphatic rings. The molecule has 0 bridgehead atoms. The maximum atomic E-state index is 13.1. The SMILES string of the molecule is O=C(NCC1CCOc2ccccc21)NC1CCC(F)(F)CC1. The predicted octanol–water partition coefficient (Wildman–Crippen LogP) is 3.43. The normalized spacial score (nSPS) is 23.5. The lowest BCUT2D eigenvalue weighted by Gasteiger charge is -2.29. The van der Waals surface area contributed by atoms with E-state index in [0.29, 0.717) is 26.0 Å². The second kappa shape index (κ2) is 6.72. The number of para-hydroxylation sites is 1. The average Bonchev–Trinajstić information content (AvgIpc) is 2.55. The number of carbonyl (C=O) groups is 1. The van der Waals surface area contributed by atoms with Crippen molar-refractivity contribution in [2.24, 2.45) is 0 Å². The van der Waals surface area contributed by atoms with Gasteiger partial charge in [-0.15, -0.1) is 0 Å². The molecule has 4 nitrogen and oxygen atoms in total. The van der Waals surface area contributed by atoms with E-state index in [4.69, 9.17) is 4.74 Å². The van der Waals surface area contributed by atoms with Crippen molar-refractivity contribution in [2.75, 3.05) is 13.2 Å². The van der Waals surface area contributed by atoms with Crippen LogP contribution in [0.4, 0.5) is 13.6 Å². The maximum absolute atomic E-state index is 13.1. The van der Waals surface area contributed by atoms with Gasteiger partial charge in [-0.05, 0) is 30.9 Å². The molecule has 1 heterocycles.